The second-order valence-electron chi connectivity index (χ2n) is 17.1. The van der Waals surface area contributed by atoms with Gasteiger partial charge in [0, 0.05) is 13.0 Å². The van der Waals surface area contributed by atoms with Gasteiger partial charge in [0.05, 0.1) is 19.0 Å². The summed E-state index contributed by atoms with van der Waals surface area (Å²) in [5.74, 6) is -11.4. The van der Waals surface area contributed by atoms with Crippen LogP contribution in [0, 0.1) is 17.8 Å². The van der Waals surface area contributed by atoms with Crippen LogP contribution in [0.3, 0.4) is 0 Å². The highest BCUT2D eigenvalue weighted by molar-refractivity contribution is 5.98. The molecule has 0 heterocycles. The number of hydrogen-bond acceptors (Lipinski definition) is 12. The molecule has 0 aromatic heterocycles. The van der Waals surface area contributed by atoms with Crippen molar-refractivity contribution in [1.82, 2.24) is 37.2 Å². The average Bonchev–Trinajstić information content (AvgIpc) is 3.27. The number of nitrogens with two attached hydrogens (primary N) is 4. The second-order valence-corrected chi connectivity index (χ2v) is 17.1. The first-order chi connectivity index (χ1) is 31.9. The van der Waals surface area contributed by atoms with Gasteiger partial charge in [-0.3, -0.25) is 48.1 Å². The standard InChI is InChI=1S/C44H72N12O12/c1-7-24(5)35(42(66)54-31(21-32(46)57)41(65)52-29(16-17-34(59)60)40(64)56-36(43(67)68)25(6)8-2)55-39(63)28(15-12-18-49-44(47)48)51-33(58)22-50-38(62)30(19-23(3)4)53-37(61)27(45)20-26-13-10-9-11-14-26/h9-11,13-14,23-25,27-31,35-36H,7-8,12,15-22,45H2,1-6H3,(H2,46,57)(H,50,62)(H,51,58)(H,52,65)(H,53,61)(H,54,66)(H,55,63)(H,56,64)(H,59,60)(H,67,68)(H4,47,48,49)/t24-,25-,27-,28-,29-,30-,31-,35-,36-/m0/s1. The SMILES string of the molecule is CC[C@H](C)[C@H](NC(=O)[C@H](CCC(=O)O)NC(=O)[C@H](CC(N)=O)NC(=O)[C@@H](NC(=O)[C@H](CCCN=C(N)N)NC(=O)CNC(=O)[C@H](CC(C)C)NC(=O)[C@@H](N)Cc1ccccc1)[C@@H](C)CC)C(=O)O. The molecule has 24 heteroatoms. The van der Waals surface area contributed by atoms with Crippen LogP contribution >= 0.6 is 0 Å². The predicted molar refractivity (Wildman–Crippen MR) is 249 cm³/mol. The Morgan fingerprint density at radius 2 is 1.16 bits per heavy atom. The minimum absolute atomic E-state index is 0.0426. The number of aliphatic carboxylic acids is 2. The summed E-state index contributed by atoms with van der Waals surface area (Å²) in [4.78, 5) is 134. The molecule has 8 amide bonds. The summed E-state index contributed by atoms with van der Waals surface area (Å²) >= 11 is 0. The number of carboxylic acids is 2. The van der Waals surface area contributed by atoms with Crippen LogP contribution < -0.4 is 60.2 Å². The van der Waals surface area contributed by atoms with Gasteiger partial charge in [-0.25, -0.2) is 4.79 Å². The third-order valence-electron chi connectivity index (χ3n) is 10.9. The largest absolute Gasteiger partial charge is 0.481 e. The van der Waals surface area contributed by atoms with E-state index in [9.17, 15) is 58.2 Å². The zero-order chi connectivity index (χ0) is 51.7. The van der Waals surface area contributed by atoms with E-state index < -0.39 is 139 Å². The number of amides is 8. The van der Waals surface area contributed by atoms with E-state index in [0.717, 1.165) is 5.56 Å². The topological polar surface area (TPSA) is 412 Å². The average molecular weight is 961 g/mol. The molecule has 9 atom stereocenters. The number of guanidine groups is 1. The highest BCUT2D eigenvalue weighted by Gasteiger charge is 2.36. The van der Waals surface area contributed by atoms with E-state index in [1.807, 2.05) is 32.0 Å². The number of carboxylic acid groups (broad SMARTS) is 2. The number of hydrogen-bond donors (Lipinski definition) is 13. The van der Waals surface area contributed by atoms with Gasteiger partial charge in [0.2, 0.25) is 47.3 Å². The Kier molecular flexibility index (Phi) is 26.5. The maximum absolute atomic E-state index is 14.0. The summed E-state index contributed by atoms with van der Waals surface area (Å²) in [5, 5.41) is 36.2. The van der Waals surface area contributed by atoms with Crippen molar-refractivity contribution in [1.29, 1.82) is 0 Å². The lowest BCUT2D eigenvalue weighted by Gasteiger charge is -2.29. The summed E-state index contributed by atoms with van der Waals surface area (Å²) in [7, 11) is 0. The number of benzene rings is 1. The summed E-state index contributed by atoms with van der Waals surface area (Å²) < 4.78 is 0. The highest BCUT2D eigenvalue weighted by Crippen LogP contribution is 2.13. The zero-order valence-corrected chi connectivity index (χ0v) is 39.7. The van der Waals surface area contributed by atoms with Gasteiger partial charge < -0.3 is 70.4 Å². The zero-order valence-electron chi connectivity index (χ0n) is 39.7. The van der Waals surface area contributed by atoms with Crippen LogP contribution in [0.15, 0.2) is 35.3 Å². The minimum atomic E-state index is -1.77. The van der Waals surface area contributed by atoms with E-state index in [-0.39, 0.29) is 50.5 Å². The van der Waals surface area contributed by atoms with E-state index in [1.54, 1.807) is 39.8 Å². The fourth-order valence-corrected chi connectivity index (χ4v) is 6.62. The molecule has 17 N–H and O–H groups in total. The predicted octanol–water partition coefficient (Wildman–Crippen LogP) is -2.40. The molecular weight excluding hydrogens is 889 g/mol. The van der Waals surface area contributed by atoms with Crippen LogP contribution in [0.1, 0.15) is 98.5 Å². The molecule has 0 unspecified atom stereocenters. The van der Waals surface area contributed by atoms with E-state index in [4.69, 9.17) is 22.9 Å². The van der Waals surface area contributed by atoms with Crippen molar-refractivity contribution in [2.75, 3.05) is 13.1 Å². The van der Waals surface area contributed by atoms with Crippen molar-refractivity contribution in [3.8, 4) is 0 Å². The maximum atomic E-state index is 14.0. The number of carbonyl (C=O) groups is 10. The summed E-state index contributed by atoms with van der Waals surface area (Å²) in [6, 6.07) is -0.522. The fraction of sp³-hybridized carbons (Fsp3) is 0.614. The lowest BCUT2D eigenvalue weighted by atomic mass is 9.96. The van der Waals surface area contributed by atoms with Crippen molar-refractivity contribution in [2.45, 2.75) is 142 Å². The first-order valence-electron chi connectivity index (χ1n) is 22.6. The summed E-state index contributed by atoms with van der Waals surface area (Å²) in [5.41, 5.74) is 23.3. The monoisotopic (exact) mass is 961 g/mol. The molecule has 0 saturated carbocycles. The van der Waals surface area contributed by atoms with Crippen LogP contribution in [0.25, 0.3) is 0 Å². The maximum Gasteiger partial charge on any atom is 0.326 e. The molecular formula is C44H72N12O12. The third kappa shape index (κ3) is 22.6. The Morgan fingerprint density at radius 3 is 1.69 bits per heavy atom. The van der Waals surface area contributed by atoms with Crippen molar-refractivity contribution in [2.24, 2.45) is 45.7 Å². The molecule has 0 bridgehead atoms. The fourth-order valence-electron chi connectivity index (χ4n) is 6.62. The minimum Gasteiger partial charge on any atom is -0.481 e. The van der Waals surface area contributed by atoms with Crippen LogP contribution in [-0.2, 0) is 54.4 Å². The van der Waals surface area contributed by atoms with Crippen LogP contribution in [0.5, 0.6) is 0 Å². The number of nitrogens with zero attached hydrogens (tertiary/aromatic N) is 1. The number of carbonyl (C=O) groups excluding carboxylic acids is 8. The molecule has 24 nitrogen and oxygen atoms in total. The molecule has 0 spiro atoms. The van der Waals surface area contributed by atoms with Gasteiger partial charge in [-0.05, 0) is 55.4 Å². The second kappa shape index (κ2) is 30.4. The van der Waals surface area contributed by atoms with Crippen LogP contribution in [0.2, 0.25) is 0 Å². The molecule has 1 aromatic carbocycles. The lowest BCUT2D eigenvalue weighted by Crippen LogP contribution is -2.61. The smallest absolute Gasteiger partial charge is 0.326 e. The Morgan fingerprint density at radius 1 is 0.632 bits per heavy atom. The highest BCUT2D eigenvalue weighted by atomic mass is 16.4. The van der Waals surface area contributed by atoms with Crippen molar-refractivity contribution in [3.05, 3.63) is 35.9 Å². The molecule has 0 radical (unpaired) electrons. The van der Waals surface area contributed by atoms with Gasteiger partial charge in [0.25, 0.3) is 0 Å². The van der Waals surface area contributed by atoms with Crippen molar-refractivity contribution < 1.29 is 58.2 Å². The molecule has 0 aliphatic carbocycles. The Bertz CT molecular complexity index is 1910. The van der Waals surface area contributed by atoms with Crippen molar-refractivity contribution in [3.63, 3.8) is 0 Å². The van der Waals surface area contributed by atoms with Gasteiger partial charge in [0.1, 0.15) is 36.3 Å². The van der Waals surface area contributed by atoms with Gasteiger partial charge in [-0.2, -0.15) is 0 Å². The van der Waals surface area contributed by atoms with E-state index >= 15 is 0 Å². The molecule has 0 fully saturated rings. The normalized spacial score (nSPS) is 14.9. The van der Waals surface area contributed by atoms with Gasteiger partial charge in [-0.1, -0.05) is 84.7 Å². The van der Waals surface area contributed by atoms with E-state index in [1.165, 1.54) is 0 Å². The number of rotatable bonds is 32. The molecule has 0 aliphatic heterocycles. The van der Waals surface area contributed by atoms with Crippen LogP contribution in [-0.4, -0.2) is 131 Å². The summed E-state index contributed by atoms with van der Waals surface area (Å²) in [6.07, 6.45) is -0.815. The molecule has 380 valence electrons. The lowest BCUT2D eigenvalue weighted by molar-refractivity contribution is -0.144. The molecule has 68 heavy (non-hydrogen) atoms. The first kappa shape index (κ1) is 59.2. The van der Waals surface area contributed by atoms with Crippen LogP contribution in [0.4, 0.5) is 0 Å². The molecule has 1 rings (SSSR count). The Hall–Kier alpha value is -6.85. The molecule has 0 saturated heterocycles. The molecule has 0 aliphatic rings. The number of aliphatic imine (C=N–C) groups is 1. The number of primary amides is 1. The first-order valence-corrected chi connectivity index (χ1v) is 22.6. The van der Waals surface area contributed by atoms with Crippen molar-refractivity contribution >= 4 is 65.2 Å². The Labute approximate surface area is 396 Å². The number of nitrogens with one attached hydrogen (secondary N) is 7. The Balaban J connectivity index is 3.31. The van der Waals surface area contributed by atoms with E-state index in [0.29, 0.717) is 6.42 Å². The molecule has 1 aromatic rings. The third-order valence-corrected chi connectivity index (χ3v) is 10.9. The van der Waals surface area contributed by atoms with E-state index in [2.05, 4.69) is 42.2 Å². The van der Waals surface area contributed by atoms with Gasteiger partial charge in [0.15, 0.2) is 5.96 Å². The van der Waals surface area contributed by atoms with Gasteiger partial charge >= 0.3 is 11.9 Å². The summed E-state index contributed by atoms with van der Waals surface area (Å²) in [6.45, 7) is 9.64. The van der Waals surface area contributed by atoms with Gasteiger partial charge in [-0.15, -0.1) is 0 Å². The quantitative estimate of drug-likeness (QED) is 0.0203.